The van der Waals surface area contributed by atoms with Crippen molar-refractivity contribution in [3.63, 3.8) is 0 Å². The predicted molar refractivity (Wildman–Crippen MR) is 97.0 cm³/mol. The molecule has 132 valence electrons. The summed E-state index contributed by atoms with van der Waals surface area (Å²) in [6.07, 6.45) is 0. The van der Waals surface area contributed by atoms with Crippen LogP contribution in [-0.4, -0.2) is 31.7 Å². The highest BCUT2D eigenvalue weighted by Gasteiger charge is 2.40. The largest absolute Gasteiger partial charge is 0.353 e. The lowest BCUT2D eigenvalue weighted by Gasteiger charge is -2.35. The van der Waals surface area contributed by atoms with Crippen molar-refractivity contribution in [2.75, 3.05) is 13.1 Å². The van der Waals surface area contributed by atoms with Crippen molar-refractivity contribution in [1.29, 1.82) is 0 Å². The monoisotopic (exact) mass is 378 g/mol. The maximum atomic E-state index is 13.3. The highest BCUT2D eigenvalue weighted by Crippen LogP contribution is 2.34. The SMILES string of the molecule is Cc1ccc(C)c(S(=O)(=O)N2CCNC(=O)C2c2ccccc2Cl)c1. The van der Waals surface area contributed by atoms with Crippen LogP contribution in [0.1, 0.15) is 22.7 Å². The molecule has 1 aliphatic rings. The molecule has 2 aromatic carbocycles. The molecule has 1 atom stereocenters. The molecule has 1 fully saturated rings. The van der Waals surface area contributed by atoms with E-state index in [1.165, 1.54) is 4.31 Å². The fourth-order valence-electron chi connectivity index (χ4n) is 3.01. The molecule has 0 aliphatic carbocycles. The van der Waals surface area contributed by atoms with E-state index in [1.54, 1.807) is 43.3 Å². The summed E-state index contributed by atoms with van der Waals surface area (Å²) >= 11 is 6.24. The molecule has 1 saturated heterocycles. The minimum Gasteiger partial charge on any atom is -0.353 e. The molecule has 0 spiro atoms. The van der Waals surface area contributed by atoms with Crippen LogP contribution in [0.25, 0.3) is 0 Å². The number of halogens is 1. The molecule has 0 saturated carbocycles. The Morgan fingerprint density at radius 1 is 1.16 bits per heavy atom. The van der Waals surface area contributed by atoms with Gasteiger partial charge in [-0.05, 0) is 42.7 Å². The van der Waals surface area contributed by atoms with Gasteiger partial charge in [-0.1, -0.05) is 41.9 Å². The standard InChI is InChI=1S/C18H19ClN2O3S/c1-12-7-8-13(2)16(11-12)25(23,24)21-10-9-20-18(22)17(21)14-5-3-4-6-15(14)19/h3-8,11,17H,9-10H2,1-2H3,(H,20,22). The first kappa shape index (κ1) is 17.9. The number of piperazine rings is 1. The smallest absolute Gasteiger partial charge is 0.244 e. The summed E-state index contributed by atoms with van der Waals surface area (Å²) in [6.45, 7) is 4.05. The number of carbonyl (C=O) groups is 1. The van der Waals surface area contributed by atoms with Gasteiger partial charge in [0.1, 0.15) is 6.04 Å². The minimum absolute atomic E-state index is 0.192. The Kier molecular flexibility index (Phi) is 4.86. The van der Waals surface area contributed by atoms with E-state index in [9.17, 15) is 13.2 Å². The van der Waals surface area contributed by atoms with Crippen LogP contribution in [0.15, 0.2) is 47.4 Å². The topological polar surface area (TPSA) is 66.5 Å². The van der Waals surface area contributed by atoms with Crippen molar-refractivity contribution in [1.82, 2.24) is 9.62 Å². The number of hydrogen-bond acceptors (Lipinski definition) is 3. The van der Waals surface area contributed by atoms with Crippen LogP contribution in [-0.2, 0) is 14.8 Å². The third kappa shape index (κ3) is 3.29. The number of nitrogens with zero attached hydrogens (tertiary/aromatic N) is 1. The predicted octanol–water partition coefficient (Wildman–Crippen LogP) is 2.82. The van der Waals surface area contributed by atoms with Gasteiger partial charge in [0.15, 0.2) is 0 Å². The molecule has 0 bridgehead atoms. The van der Waals surface area contributed by atoms with E-state index in [0.717, 1.165) is 5.56 Å². The number of carbonyl (C=O) groups excluding carboxylic acids is 1. The average molecular weight is 379 g/mol. The first-order valence-corrected chi connectivity index (χ1v) is 9.75. The number of sulfonamides is 1. The van der Waals surface area contributed by atoms with Gasteiger partial charge in [0, 0.05) is 18.1 Å². The van der Waals surface area contributed by atoms with Gasteiger partial charge in [-0.3, -0.25) is 4.79 Å². The van der Waals surface area contributed by atoms with Gasteiger partial charge in [0.05, 0.1) is 4.90 Å². The Labute approximate surface area is 152 Å². The summed E-state index contributed by atoms with van der Waals surface area (Å²) < 4.78 is 27.9. The van der Waals surface area contributed by atoms with E-state index in [0.29, 0.717) is 16.1 Å². The Morgan fingerprint density at radius 2 is 1.88 bits per heavy atom. The van der Waals surface area contributed by atoms with Crippen LogP contribution < -0.4 is 5.32 Å². The van der Waals surface area contributed by atoms with E-state index in [4.69, 9.17) is 11.6 Å². The normalized spacial score (nSPS) is 18.8. The van der Waals surface area contributed by atoms with Crippen molar-refractivity contribution >= 4 is 27.5 Å². The van der Waals surface area contributed by atoms with Crippen LogP contribution in [0.5, 0.6) is 0 Å². The van der Waals surface area contributed by atoms with E-state index < -0.39 is 16.1 Å². The molecule has 25 heavy (non-hydrogen) atoms. The quantitative estimate of drug-likeness (QED) is 0.893. The van der Waals surface area contributed by atoms with Crippen molar-refractivity contribution in [3.05, 3.63) is 64.2 Å². The second kappa shape index (κ2) is 6.78. The molecule has 3 rings (SSSR count). The average Bonchev–Trinajstić information content (AvgIpc) is 2.57. The molecule has 1 aliphatic heterocycles. The molecule has 0 radical (unpaired) electrons. The second-order valence-corrected chi connectivity index (χ2v) is 8.37. The number of amides is 1. The Morgan fingerprint density at radius 3 is 2.60 bits per heavy atom. The Hall–Kier alpha value is -1.89. The number of nitrogens with one attached hydrogen (secondary N) is 1. The van der Waals surface area contributed by atoms with Crippen LogP contribution in [0.4, 0.5) is 0 Å². The molecule has 0 aromatic heterocycles. The lowest BCUT2D eigenvalue weighted by Crippen LogP contribution is -2.52. The maximum Gasteiger partial charge on any atom is 0.244 e. The molecular formula is C18H19ClN2O3S. The van der Waals surface area contributed by atoms with E-state index in [2.05, 4.69) is 5.32 Å². The van der Waals surface area contributed by atoms with Gasteiger partial charge in [-0.25, -0.2) is 8.42 Å². The summed E-state index contributed by atoms with van der Waals surface area (Å²) in [5, 5.41) is 3.10. The molecular weight excluding hydrogens is 360 g/mol. The molecule has 1 N–H and O–H groups in total. The number of aryl methyl sites for hydroxylation is 2. The van der Waals surface area contributed by atoms with Gasteiger partial charge >= 0.3 is 0 Å². The third-order valence-corrected chi connectivity index (χ3v) is 6.65. The molecule has 7 heteroatoms. The van der Waals surface area contributed by atoms with Crippen LogP contribution in [0.2, 0.25) is 5.02 Å². The molecule has 2 aromatic rings. The van der Waals surface area contributed by atoms with Gasteiger partial charge in [0.25, 0.3) is 0 Å². The molecule has 5 nitrogen and oxygen atoms in total. The van der Waals surface area contributed by atoms with Gasteiger partial charge in [0.2, 0.25) is 15.9 Å². The fraction of sp³-hybridized carbons (Fsp3) is 0.278. The van der Waals surface area contributed by atoms with E-state index >= 15 is 0 Å². The second-order valence-electron chi connectivity index (χ2n) is 6.10. The first-order chi connectivity index (χ1) is 11.8. The van der Waals surface area contributed by atoms with Crippen LogP contribution in [0, 0.1) is 13.8 Å². The van der Waals surface area contributed by atoms with Crippen LogP contribution >= 0.6 is 11.6 Å². The lowest BCUT2D eigenvalue weighted by molar-refractivity contribution is -0.126. The van der Waals surface area contributed by atoms with Gasteiger partial charge in [-0.2, -0.15) is 4.31 Å². The van der Waals surface area contributed by atoms with Crippen molar-refractivity contribution in [2.24, 2.45) is 0 Å². The van der Waals surface area contributed by atoms with Gasteiger partial charge < -0.3 is 5.32 Å². The summed E-state index contributed by atoms with van der Waals surface area (Å²) in [4.78, 5) is 12.7. The summed E-state index contributed by atoms with van der Waals surface area (Å²) in [5.74, 6) is -0.367. The van der Waals surface area contributed by atoms with Crippen molar-refractivity contribution < 1.29 is 13.2 Å². The summed E-state index contributed by atoms with van der Waals surface area (Å²) in [7, 11) is -3.85. The third-order valence-electron chi connectivity index (χ3n) is 4.30. The van der Waals surface area contributed by atoms with Crippen molar-refractivity contribution in [3.8, 4) is 0 Å². The zero-order valence-electron chi connectivity index (χ0n) is 14.0. The number of rotatable bonds is 3. The zero-order valence-corrected chi connectivity index (χ0v) is 15.6. The molecule has 1 heterocycles. The van der Waals surface area contributed by atoms with Gasteiger partial charge in [-0.15, -0.1) is 0 Å². The van der Waals surface area contributed by atoms with E-state index in [1.807, 2.05) is 13.0 Å². The maximum absolute atomic E-state index is 13.3. The Bertz CT molecular complexity index is 928. The fourth-order valence-corrected chi connectivity index (χ4v) is 5.13. The summed E-state index contributed by atoms with van der Waals surface area (Å²) in [5.41, 5.74) is 1.98. The number of hydrogen-bond donors (Lipinski definition) is 1. The highest BCUT2D eigenvalue weighted by molar-refractivity contribution is 7.89. The van der Waals surface area contributed by atoms with Crippen molar-refractivity contribution in [2.45, 2.75) is 24.8 Å². The molecule has 1 unspecified atom stereocenters. The highest BCUT2D eigenvalue weighted by atomic mass is 35.5. The Balaban J connectivity index is 2.14. The minimum atomic E-state index is -3.85. The number of benzene rings is 2. The van der Waals surface area contributed by atoms with Crippen LogP contribution in [0.3, 0.4) is 0 Å². The first-order valence-electron chi connectivity index (χ1n) is 7.93. The van der Waals surface area contributed by atoms with E-state index in [-0.39, 0.29) is 23.9 Å². The molecule has 1 amide bonds. The zero-order chi connectivity index (χ0) is 18.2. The summed E-state index contributed by atoms with van der Waals surface area (Å²) in [6, 6.07) is 11.1. The lowest BCUT2D eigenvalue weighted by atomic mass is 10.0.